The van der Waals surface area contributed by atoms with Gasteiger partial charge in [-0.05, 0) is 18.2 Å². The van der Waals surface area contributed by atoms with E-state index in [0.29, 0.717) is 10.6 Å². The van der Waals surface area contributed by atoms with Crippen LogP contribution in [0.3, 0.4) is 0 Å². The maximum absolute atomic E-state index is 9.29. The predicted octanol–water partition coefficient (Wildman–Crippen LogP) is 1.83. The molecule has 0 bridgehead atoms. The average Bonchev–Trinajstić information content (AvgIpc) is 2.15. The Hall–Kier alpha value is -0.950. The Morgan fingerprint density at radius 2 is 2.15 bits per heavy atom. The van der Waals surface area contributed by atoms with Crippen molar-refractivity contribution in [1.29, 1.82) is 0 Å². The van der Waals surface area contributed by atoms with Crippen molar-refractivity contribution in [3.05, 3.63) is 18.2 Å². The first-order valence-electron chi connectivity index (χ1n) is 3.29. The highest BCUT2D eigenvalue weighted by molar-refractivity contribution is 7.94. The molecule has 72 valence electrons. The van der Waals surface area contributed by atoms with Crippen molar-refractivity contribution in [2.24, 2.45) is 0 Å². The summed E-state index contributed by atoms with van der Waals surface area (Å²) in [6, 6.07) is 4.63. The molecule has 0 atom stereocenters. The first-order valence-corrected chi connectivity index (χ1v) is 4.04. The van der Waals surface area contributed by atoms with Crippen LogP contribution in [0.4, 0.5) is 0 Å². The van der Waals surface area contributed by atoms with Crippen molar-refractivity contribution < 1.29 is 24.5 Å². The summed E-state index contributed by atoms with van der Waals surface area (Å²) in [6.07, 6.45) is 0. The molecule has 1 rings (SSSR count). The van der Waals surface area contributed by atoms with Gasteiger partial charge in [-0.2, -0.15) is 0 Å². The molecule has 0 aliphatic heterocycles. The van der Waals surface area contributed by atoms with Gasteiger partial charge < -0.3 is 9.84 Å². The molecule has 0 radical (unpaired) electrons. The SMILES string of the molecule is COc1ccc(SOOO)cc1O. The number of hydrogen-bond acceptors (Lipinski definition) is 6. The van der Waals surface area contributed by atoms with Crippen LogP contribution < -0.4 is 4.74 Å². The lowest BCUT2D eigenvalue weighted by atomic mass is 10.3. The molecule has 0 heterocycles. The molecule has 0 saturated heterocycles. The second kappa shape index (κ2) is 4.93. The fourth-order valence-corrected chi connectivity index (χ4v) is 1.17. The number of hydrogen-bond donors (Lipinski definition) is 2. The molecule has 0 aromatic heterocycles. The highest BCUT2D eigenvalue weighted by Gasteiger charge is 2.03. The summed E-state index contributed by atoms with van der Waals surface area (Å²) in [5.74, 6) is 0.364. The molecule has 5 nitrogen and oxygen atoms in total. The average molecular weight is 204 g/mol. The molecular formula is C7H8O5S. The van der Waals surface area contributed by atoms with E-state index >= 15 is 0 Å². The summed E-state index contributed by atoms with van der Waals surface area (Å²) >= 11 is 0.766. The number of phenolic OH excluding ortho intramolecular Hbond substituents is 1. The molecule has 0 aliphatic rings. The zero-order chi connectivity index (χ0) is 9.68. The van der Waals surface area contributed by atoms with Gasteiger partial charge in [0.05, 0.1) is 19.2 Å². The van der Waals surface area contributed by atoms with Gasteiger partial charge in [-0.15, -0.1) is 4.33 Å². The number of benzene rings is 1. The van der Waals surface area contributed by atoms with Gasteiger partial charge in [-0.3, -0.25) is 0 Å². The number of rotatable bonds is 4. The van der Waals surface area contributed by atoms with Crippen molar-refractivity contribution in [3.8, 4) is 11.5 Å². The third-order valence-corrected chi connectivity index (χ3v) is 1.89. The van der Waals surface area contributed by atoms with Gasteiger partial charge in [0.15, 0.2) is 11.5 Å². The fraction of sp³-hybridized carbons (Fsp3) is 0.143. The van der Waals surface area contributed by atoms with Crippen LogP contribution in [-0.2, 0) is 9.37 Å². The van der Waals surface area contributed by atoms with E-state index in [1.54, 1.807) is 12.1 Å². The third-order valence-electron chi connectivity index (χ3n) is 1.31. The molecule has 0 saturated carbocycles. The minimum absolute atomic E-state index is 0.00552. The zero-order valence-electron chi connectivity index (χ0n) is 6.76. The van der Waals surface area contributed by atoms with Crippen molar-refractivity contribution in [2.45, 2.75) is 4.90 Å². The Morgan fingerprint density at radius 1 is 1.38 bits per heavy atom. The van der Waals surface area contributed by atoms with E-state index < -0.39 is 0 Å². The number of ether oxygens (including phenoxy) is 1. The molecule has 0 fully saturated rings. The topological polar surface area (TPSA) is 68.2 Å². The van der Waals surface area contributed by atoms with Crippen LogP contribution in [0, 0.1) is 0 Å². The summed E-state index contributed by atoms with van der Waals surface area (Å²) in [6.45, 7) is 0. The highest BCUT2D eigenvalue weighted by atomic mass is 32.2. The summed E-state index contributed by atoms with van der Waals surface area (Å²) in [5, 5.41) is 20.6. The molecule has 1 aromatic rings. The Morgan fingerprint density at radius 3 is 2.69 bits per heavy atom. The summed E-state index contributed by atoms with van der Waals surface area (Å²) in [4.78, 5) is 0.576. The van der Waals surface area contributed by atoms with Gasteiger partial charge in [0, 0.05) is 4.90 Å². The standard InChI is InChI=1S/C7H8O5S/c1-10-7-3-2-5(4-6(7)8)13-12-11-9/h2-4,8-9H,1H3. The van der Waals surface area contributed by atoms with Crippen LogP contribution >= 0.6 is 12.0 Å². The molecule has 0 unspecified atom stereocenters. The van der Waals surface area contributed by atoms with Gasteiger partial charge >= 0.3 is 0 Å². The van der Waals surface area contributed by atoms with E-state index in [9.17, 15) is 5.11 Å². The Labute approximate surface area is 78.9 Å². The van der Waals surface area contributed by atoms with Gasteiger partial charge in [-0.25, -0.2) is 5.26 Å². The van der Waals surface area contributed by atoms with Gasteiger partial charge in [0.2, 0.25) is 0 Å². The Bertz CT molecular complexity index is 278. The molecule has 13 heavy (non-hydrogen) atoms. The van der Waals surface area contributed by atoms with Crippen molar-refractivity contribution >= 4 is 12.0 Å². The highest BCUT2D eigenvalue weighted by Crippen LogP contribution is 2.30. The zero-order valence-corrected chi connectivity index (χ0v) is 7.58. The largest absolute Gasteiger partial charge is 0.504 e. The molecule has 6 heteroatoms. The van der Waals surface area contributed by atoms with E-state index in [4.69, 9.17) is 9.99 Å². The van der Waals surface area contributed by atoms with E-state index in [1.165, 1.54) is 13.2 Å². The minimum Gasteiger partial charge on any atom is -0.504 e. The second-order valence-corrected chi connectivity index (χ2v) is 2.83. The van der Waals surface area contributed by atoms with E-state index in [1.807, 2.05) is 0 Å². The van der Waals surface area contributed by atoms with Crippen molar-refractivity contribution in [2.75, 3.05) is 7.11 Å². The third kappa shape index (κ3) is 2.78. The lowest BCUT2D eigenvalue weighted by Gasteiger charge is -2.03. The smallest absolute Gasteiger partial charge is 0.160 e. The van der Waals surface area contributed by atoms with Crippen LogP contribution in [0.1, 0.15) is 0 Å². The molecule has 0 spiro atoms. The summed E-state index contributed by atoms with van der Waals surface area (Å²) in [5.41, 5.74) is 0. The van der Waals surface area contributed by atoms with Crippen molar-refractivity contribution in [1.82, 2.24) is 0 Å². The minimum atomic E-state index is -0.00552. The molecule has 0 amide bonds. The van der Waals surface area contributed by atoms with E-state index in [2.05, 4.69) is 9.37 Å². The molecule has 2 N–H and O–H groups in total. The number of aromatic hydroxyl groups is 1. The lowest BCUT2D eigenvalue weighted by molar-refractivity contribution is -0.432. The molecule has 1 aromatic carbocycles. The van der Waals surface area contributed by atoms with E-state index in [0.717, 1.165) is 12.0 Å². The first-order chi connectivity index (χ1) is 6.27. The normalized spacial score (nSPS) is 10.0. The molecular weight excluding hydrogens is 196 g/mol. The van der Waals surface area contributed by atoms with Crippen LogP contribution in [-0.4, -0.2) is 17.5 Å². The van der Waals surface area contributed by atoms with Crippen LogP contribution in [0.15, 0.2) is 23.1 Å². The predicted molar refractivity (Wildman–Crippen MR) is 45.3 cm³/mol. The van der Waals surface area contributed by atoms with Gasteiger partial charge in [0.1, 0.15) is 0 Å². The summed E-state index contributed by atoms with van der Waals surface area (Å²) < 4.78 is 8.99. The number of phenols is 1. The van der Waals surface area contributed by atoms with E-state index in [-0.39, 0.29) is 5.75 Å². The monoisotopic (exact) mass is 204 g/mol. The Balaban J connectivity index is 2.71. The number of methoxy groups -OCH3 is 1. The Kier molecular flexibility index (Phi) is 3.84. The van der Waals surface area contributed by atoms with Crippen LogP contribution in [0.25, 0.3) is 0 Å². The summed E-state index contributed by atoms with van der Waals surface area (Å²) in [7, 11) is 1.45. The first kappa shape index (κ1) is 10.1. The van der Waals surface area contributed by atoms with Gasteiger partial charge in [0.25, 0.3) is 0 Å². The second-order valence-electron chi connectivity index (χ2n) is 2.06. The maximum atomic E-state index is 9.29. The fourth-order valence-electron chi connectivity index (χ4n) is 0.776. The van der Waals surface area contributed by atoms with Crippen molar-refractivity contribution in [3.63, 3.8) is 0 Å². The quantitative estimate of drug-likeness (QED) is 0.443. The maximum Gasteiger partial charge on any atom is 0.160 e. The lowest BCUT2D eigenvalue weighted by Crippen LogP contribution is -1.84. The molecule has 0 aliphatic carbocycles. The van der Waals surface area contributed by atoms with Crippen LogP contribution in [0.5, 0.6) is 11.5 Å². The van der Waals surface area contributed by atoms with Crippen LogP contribution in [0.2, 0.25) is 0 Å². The van der Waals surface area contributed by atoms with Gasteiger partial charge in [-0.1, -0.05) is 5.04 Å².